The highest BCUT2D eigenvalue weighted by molar-refractivity contribution is 6.36. The molecule has 0 heterocycles. The van der Waals surface area contributed by atoms with Crippen LogP contribution in [0.15, 0.2) is 59.7 Å². The van der Waals surface area contributed by atoms with Crippen molar-refractivity contribution in [2.75, 3.05) is 7.11 Å². The molecule has 0 aliphatic rings. The zero-order chi connectivity index (χ0) is 23.3. The number of carbonyl (C=O) groups is 2. The molecule has 3 N–H and O–H groups in total. The van der Waals surface area contributed by atoms with Gasteiger partial charge in [-0.3, -0.25) is 4.79 Å². The lowest BCUT2D eigenvalue weighted by molar-refractivity contribution is 0.0729. The highest BCUT2D eigenvalue weighted by Crippen LogP contribution is 2.30. The summed E-state index contributed by atoms with van der Waals surface area (Å²) in [6.45, 7) is 0. The van der Waals surface area contributed by atoms with Gasteiger partial charge in [0.2, 0.25) is 0 Å². The molecule has 0 aromatic heterocycles. The third kappa shape index (κ3) is 5.48. The third-order valence-electron chi connectivity index (χ3n) is 4.15. The Morgan fingerprint density at radius 2 is 1.72 bits per heavy atom. The predicted molar refractivity (Wildman–Crippen MR) is 119 cm³/mol. The predicted octanol–water partition coefficient (Wildman–Crippen LogP) is 4.40. The Kier molecular flexibility index (Phi) is 7.19. The van der Waals surface area contributed by atoms with E-state index in [1.807, 2.05) is 0 Å². The maximum Gasteiger partial charge on any atom is 0.345 e. The summed E-state index contributed by atoms with van der Waals surface area (Å²) in [6.07, 6.45) is 1.33. The number of hydrogen-bond donors (Lipinski definition) is 3. The zero-order valence-corrected chi connectivity index (χ0v) is 18.0. The minimum Gasteiger partial charge on any atom is -0.508 e. The highest BCUT2D eigenvalue weighted by Gasteiger charge is 2.16. The average molecular weight is 475 g/mol. The lowest BCUT2D eigenvalue weighted by Crippen LogP contribution is -2.17. The van der Waals surface area contributed by atoms with Gasteiger partial charge in [0.05, 0.1) is 29.5 Å². The summed E-state index contributed by atoms with van der Waals surface area (Å²) in [5.74, 6) is -1.52. The number of nitrogens with one attached hydrogen (secondary N) is 1. The Bertz CT molecular complexity index is 1210. The summed E-state index contributed by atoms with van der Waals surface area (Å²) in [5, 5.41) is 23.4. The second-order valence-electron chi connectivity index (χ2n) is 6.32. The monoisotopic (exact) mass is 474 g/mol. The van der Waals surface area contributed by atoms with Gasteiger partial charge < -0.3 is 19.7 Å². The first-order chi connectivity index (χ1) is 15.3. The summed E-state index contributed by atoms with van der Waals surface area (Å²) < 4.78 is 10.6. The van der Waals surface area contributed by atoms with E-state index in [2.05, 4.69) is 10.5 Å². The van der Waals surface area contributed by atoms with Gasteiger partial charge in [0.15, 0.2) is 11.5 Å². The first kappa shape index (κ1) is 22.9. The summed E-state index contributed by atoms with van der Waals surface area (Å²) in [5.41, 5.74) is 2.88. The zero-order valence-electron chi connectivity index (χ0n) is 16.5. The Balaban J connectivity index is 1.70. The van der Waals surface area contributed by atoms with Crippen molar-refractivity contribution in [1.29, 1.82) is 0 Å². The lowest BCUT2D eigenvalue weighted by Gasteiger charge is -2.10. The Morgan fingerprint density at radius 1 is 0.969 bits per heavy atom. The van der Waals surface area contributed by atoms with Crippen LogP contribution >= 0.6 is 23.2 Å². The number of aromatic hydroxyl groups is 2. The molecule has 1 amide bonds. The number of nitrogens with zero attached hydrogens (tertiary/aromatic N) is 1. The summed E-state index contributed by atoms with van der Waals surface area (Å²) in [7, 11) is 1.40. The lowest BCUT2D eigenvalue weighted by atomic mass is 10.2. The molecule has 32 heavy (non-hydrogen) atoms. The van der Waals surface area contributed by atoms with Crippen molar-refractivity contribution in [3.8, 4) is 23.0 Å². The molecule has 0 radical (unpaired) electrons. The molecular formula is C22H16Cl2N2O6. The van der Waals surface area contributed by atoms with Gasteiger partial charge in [0.25, 0.3) is 5.91 Å². The van der Waals surface area contributed by atoms with Gasteiger partial charge in [-0.25, -0.2) is 10.2 Å². The van der Waals surface area contributed by atoms with Crippen molar-refractivity contribution in [3.63, 3.8) is 0 Å². The number of ether oxygens (including phenoxy) is 2. The number of amides is 1. The van der Waals surface area contributed by atoms with Crippen molar-refractivity contribution >= 4 is 41.3 Å². The van der Waals surface area contributed by atoms with E-state index in [4.69, 9.17) is 32.7 Å². The summed E-state index contributed by atoms with van der Waals surface area (Å²) >= 11 is 11.9. The molecule has 0 aliphatic carbocycles. The van der Waals surface area contributed by atoms with Crippen LogP contribution in [0.3, 0.4) is 0 Å². The van der Waals surface area contributed by atoms with Crippen LogP contribution in [-0.2, 0) is 0 Å². The van der Waals surface area contributed by atoms with Crippen LogP contribution in [0.5, 0.6) is 23.0 Å². The van der Waals surface area contributed by atoms with E-state index < -0.39 is 11.9 Å². The molecule has 0 saturated carbocycles. The molecule has 0 saturated heterocycles. The van der Waals surface area contributed by atoms with Crippen LogP contribution in [0.2, 0.25) is 10.0 Å². The van der Waals surface area contributed by atoms with E-state index in [-0.39, 0.29) is 39.1 Å². The van der Waals surface area contributed by atoms with Crippen LogP contribution in [0, 0.1) is 0 Å². The van der Waals surface area contributed by atoms with Crippen molar-refractivity contribution in [3.05, 3.63) is 81.3 Å². The van der Waals surface area contributed by atoms with E-state index in [1.54, 1.807) is 12.1 Å². The fraction of sp³-hybridized carbons (Fsp3) is 0.0455. The van der Waals surface area contributed by atoms with Gasteiger partial charge in [-0.05, 0) is 54.1 Å². The SMILES string of the molecule is COc1cc(C=NNC(=O)c2ccc(O)cc2O)ccc1OC(=O)c1ccc(Cl)cc1Cl. The normalized spacial score (nSPS) is 10.7. The number of benzene rings is 3. The number of rotatable bonds is 6. The molecule has 3 aromatic carbocycles. The van der Waals surface area contributed by atoms with Crippen LogP contribution in [-0.4, -0.2) is 35.4 Å². The smallest absolute Gasteiger partial charge is 0.345 e. The van der Waals surface area contributed by atoms with Crippen LogP contribution in [0.25, 0.3) is 0 Å². The second kappa shape index (κ2) is 10.0. The van der Waals surface area contributed by atoms with Gasteiger partial charge in [0.1, 0.15) is 11.5 Å². The molecule has 8 nitrogen and oxygen atoms in total. The molecule has 0 spiro atoms. The molecule has 164 valence electrons. The first-order valence-corrected chi connectivity index (χ1v) is 9.74. The molecule has 0 aliphatic heterocycles. The van der Waals surface area contributed by atoms with Gasteiger partial charge in [-0.1, -0.05) is 23.2 Å². The fourth-order valence-corrected chi connectivity index (χ4v) is 3.08. The molecule has 10 heteroatoms. The Labute approximate surface area is 192 Å². The van der Waals surface area contributed by atoms with Gasteiger partial charge in [-0.15, -0.1) is 0 Å². The molecule has 0 atom stereocenters. The maximum atomic E-state index is 12.4. The van der Waals surface area contributed by atoms with Crippen LogP contribution < -0.4 is 14.9 Å². The van der Waals surface area contributed by atoms with Crippen molar-refractivity contribution < 1.29 is 29.3 Å². The summed E-state index contributed by atoms with van der Waals surface area (Å²) in [4.78, 5) is 24.5. The Morgan fingerprint density at radius 3 is 2.41 bits per heavy atom. The van der Waals surface area contributed by atoms with E-state index >= 15 is 0 Å². The van der Waals surface area contributed by atoms with E-state index in [1.165, 1.54) is 49.7 Å². The first-order valence-electron chi connectivity index (χ1n) is 8.99. The van der Waals surface area contributed by atoms with Gasteiger partial charge in [-0.2, -0.15) is 5.10 Å². The molecule has 0 bridgehead atoms. The molecule has 3 rings (SSSR count). The fourth-order valence-electron chi connectivity index (χ4n) is 2.60. The highest BCUT2D eigenvalue weighted by atomic mass is 35.5. The largest absolute Gasteiger partial charge is 0.508 e. The number of hydrogen-bond acceptors (Lipinski definition) is 7. The van der Waals surface area contributed by atoms with Gasteiger partial charge in [0, 0.05) is 11.1 Å². The maximum absolute atomic E-state index is 12.4. The number of methoxy groups -OCH3 is 1. The van der Waals surface area contributed by atoms with Crippen molar-refractivity contribution in [2.45, 2.75) is 0 Å². The summed E-state index contributed by atoms with van der Waals surface area (Å²) in [6, 6.07) is 12.6. The standard InChI is InChI=1S/C22H16Cl2N2O6/c1-31-20-8-12(11-25-26-21(29)16-6-4-14(27)10-18(16)28)2-7-19(20)32-22(30)15-5-3-13(23)9-17(15)24/h2-11,27-28H,1H3,(H,26,29). The molecule has 3 aromatic rings. The number of phenols is 2. The second-order valence-corrected chi connectivity index (χ2v) is 7.17. The number of phenolic OH excluding ortho intramolecular Hbond substituents is 2. The van der Waals surface area contributed by atoms with E-state index in [0.717, 1.165) is 6.07 Å². The van der Waals surface area contributed by atoms with Crippen molar-refractivity contribution in [1.82, 2.24) is 5.43 Å². The van der Waals surface area contributed by atoms with Gasteiger partial charge >= 0.3 is 5.97 Å². The minimum atomic E-state index is -0.688. The van der Waals surface area contributed by atoms with E-state index in [9.17, 15) is 19.8 Å². The van der Waals surface area contributed by atoms with Crippen LogP contribution in [0.1, 0.15) is 26.3 Å². The topological polar surface area (TPSA) is 117 Å². The molecular weight excluding hydrogens is 459 g/mol. The minimum absolute atomic E-state index is 0.0550. The third-order valence-corrected chi connectivity index (χ3v) is 4.69. The number of carbonyl (C=O) groups excluding carboxylic acids is 2. The molecule has 0 unspecified atom stereocenters. The quantitative estimate of drug-likeness (QED) is 0.211. The Hall–Kier alpha value is -3.75. The van der Waals surface area contributed by atoms with Crippen LogP contribution in [0.4, 0.5) is 0 Å². The van der Waals surface area contributed by atoms with E-state index in [0.29, 0.717) is 10.6 Å². The number of hydrazone groups is 1. The average Bonchev–Trinajstić information content (AvgIpc) is 2.74. The molecule has 0 fully saturated rings. The number of esters is 1. The van der Waals surface area contributed by atoms with Crippen molar-refractivity contribution in [2.24, 2.45) is 5.10 Å². The number of halogens is 2.